The molecule has 0 saturated carbocycles. The molecule has 0 aliphatic heterocycles. The number of aliphatic hydroxyl groups excluding tert-OH is 1. The topological polar surface area (TPSA) is 63.1 Å². The molecule has 4 nitrogen and oxygen atoms in total. The van der Waals surface area contributed by atoms with Crippen LogP contribution in [0, 0.1) is 12.1 Å². The van der Waals surface area contributed by atoms with E-state index in [4.69, 9.17) is 15.1 Å². The average molecular weight is 1030 g/mol. The predicted molar refractivity (Wildman–Crippen MR) is 262 cm³/mol. The minimum atomic E-state index is -0.125. The summed E-state index contributed by atoms with van der Waals surface area (Å²) in [6.07, 6.45) is 5.01. The molecule has 0 spiro atoms. The fraction of sp³-hybridized carbons (Fsp3) is 0.182. The number of rotatable bonds is 3. The fourth-order valence-corrected chi connectivity index (χ4v) is 10.2. The second kappa shape index (κ2) is 18.0. The van der Waals surface area contributed by atoms with Gasteiger partial charge in [-0.2, -0.15) is 0 Å². The van der Waals surface area contributed by atoms with Gasteiger partial charge in [0, 0.05) is 68.8 Å². The van der Waals surface area contributed by atoms with E-state index in [2.05, 4.69) is 175 Å². The normalized spacial score (nSPS) is 12.0. The molecule has 1 N–H and O–H groups in total. The first-order chi connectivity index (χ1) is 29.2. The van der Waals surface area contributed by atoms with Crippen LogP contribution >= 0.6 is 22.7 Å². The number of nitrogens with zero attached hydrogens (tertiary/aromatic N) is 2. The maximum atomic E-state index is 10.0. The molecule has 4 aromatic heterocycles. The number of benzene rings is 6. The van der Waals surface area contributed by atoms with Crippen LogP contribution in [0.1, 0.15) is 66.5 Å². The summed E-state index contributed by atoms with van der Waals surface area (Å²) in [5.41, 5.74) is 6.99. The zero-order valence-corrected chi connectivity index (χ0v) is 40.2. The summed E-state index contributed by atoms with van der Waals surface area (Å²) in [5, 5.41) is 18.2. The van der Waals surface area contributed by atoms with Gasteiger partial charge in [0.2, 0.25) is 0 Å². The molecule has 0 saturated heterocycles. The minimum Gasteiger partial charge on any atom is -0.512 e. The van der Waals surface area contributed by atoms with Gasteiger partial charge in [0.05, 0.1) is 5.76 Å². The number of pyridine rings is 2. The number of thiophene rings is 2. The van der Waals surface area contributed by atoms with Crippen LogP contribution in [0.5, 0.6) is 0 Å². The minimum absolute atomic E-state index is 0. The fourth-order valence-electron chi connectivity index (χ4n) is 8.00. The molecule has 0 atom stereocenters. The Kier molecular flexibility index (Phi) is 12.9. The monoisotopic (exact) mass is 1030 g/mol. The van der Waals surface area contributed by atoms with E-state index in [1.165, 1.54) is 82.2 Å². The smallest absolute Gasteiger partial charge is 0.155 e. The molecular formula is C55H48IrN2O2S2-2. The summed E-state index contributed by atoms with van der Waals surface area (Å²) in [5.74, 6) is -0.0625. The molecule has 6 aromatic carbocycles. The van der Waals surface area contributed by atoms with Crippen LogP contribution in [-0.4, -0.2) is 20.9 Å². The van der Waals surface area contributed by atoms with Crippen molar-refractivity contribution in [2.75, 3.05) is 0 Å². The van der Waals surface area contributed by atoms with Crippen molar-refractivity contribution in [1.29, 1.82) is 0 Å². The summed E-state index contributed by atoms with van der Waals surface area (Å²) >= 11 is 3.66. The van der Waals surface area contributed by atoms with Gasteiger partial charge in [-0.05, 0) is 70.5 Å². The average Bonchev–Trinajstić information content (AvgIpc) is 3.81. The number of aliphatic hydroxyl groups is 1. The van der Waals surface area contributed by atoms with E-state index in [0.717, 1.165) is 33.3 Å². The molecule has 313 valence electrons. The van der Waals surface area contributed by atoms with Crippen molar-refractivity contribution >= 4 is 90.3 Å². The summed E-state index contributed by atoms with van der Waals surface area (Å²) in [4.78, 5) is 19.6. The first kappa shape index (κ1) is 44.5. The van der Waals surface area contributed by atoms with Gasteiger partial charge in [-0.3, -0.25) is 14.8 Å². The first-order valence-corrected chi connectivity index (χ1v) is 22.1. The molecule has 7 heteroatoms. The van der Waals surface area contributed by atoms with E-state index in [1.807, 2.05) is 35.1 Å². The van der Waals surface area contributed by atoms with Crippen LogP contribution in [-0.2, 0) is 35.7 Å². The number of carbonyl (C=O) groups excluding carboxylic acids is 1. The van der Waals surface area contributed by atoms with Gasteiger partial charge in [0.25, 0.3) is 0 Å². The van der Waals surface area contributed by atoms with Crippen LogP contribution in [0.4, 0.5) is 0 Å². The maximum absolute atomic E-state index is 10.0. The number of ketones is 1. The zero-order valence-electron chi connectivity index (χ0n) is 36.2. The first-order valence-electron chi connectivity index (χ1n) is 20.5. The Labute approximate surface area is 385 Å². The van der Waals surface area contributed by atoms with Crippen LogP contribution in [0.2, 0.25) is 0 Å². The Morgan fingerprint density at radius 3 is 1.27 bits per heavy atom. The molecule has 62 heavy (non-hydrogen) atoms. The van der Waals surface area contributed by atoms with Gasteiger partial charge in [-0.25, -0.2) is 0 Å². The molecule has 0 bridgehead atoms. The molecule has 0 fully saturated rings. The summed E-state index contributed by atoms with van der Waals surface area (Å²) < 4.78 is 5.16. The second-order valence-electron chi connectivity index (χ2n) is 17.4. The van der Waals surface area contributed by atoms with Crippen LogP contribution in [0.15, 0.2) is 146 Å². The molecule has 0 amide bonds. The molecule has 0 aliphatic rings. The van der Waals surface area contributed by atoms with Gasteiger partial charge < -0.3 is 5.11 Å². The van der Waals surface area contributed by atoms with Gasteiger partial charge in [0.15, 0.2) is 5.78 Å². The quantitative estimate of drug-likeness (QED) is 0.109. The number of fused-ring (bicyclic) bond motifs is 8. The number of carbonyl (C=O) groups is 1. The molecule has 0 aliphatic carbocycles. The van der Waals surface area contributed by atoms with Gasteiger partial charge in [-0.15, -0.1) is 81.0 Å². The second-order valence-corrected chi connectivity index (χ2v) is 19.6. The Hall–Kier alpha value is -5.56. The van der Waals surface area contributed by atoms with Crippen molar-refractivity contribution in [3.63, 3.8) is 0 Å². The van der Waals surface area contributed by atoms with Crippen molar-refractivity contribution < 1.29 is 30.0 Å². The number of allylic oxidation sites excluding steroid dienone is 2. The SMILES string of the molecule is CC(=O)/C=C(/C)O.CC(C)(C)c1cc(-c2nccc3sc4ccccc4c23)[c-]c2ccccc12.CC(C)(C)c1cc(-c2nccc3sc4ccccc4c23)[c-]c2ccccc12.[Ir]. The Morgan fingerprint density at radius 2 is 0.919 bits per heavy atom. The largest absolute Gasteiger partial charge is 0.512 e. The van der Waals surface area contributed by atoms with Crippen LogP contribution in [0.3, 0.4) is 0 Å². The molecular weight excluding hydrogens is 977 g/mol. The molecule has 10 rings (SSSR count). The van der Waals surface area contributed by atoms with E-state index in [9.17, 15) is 4.79 Å². The van der Waals surface area contributed by atoms with Gasteiger partial charge in [0.1, 0.15) is 0 Å². The van der Waals surface area contributed by atoms with E-state index in [1.54, 1.807) is 0 Å². The third kappa shape index (κ3) is 9.14. The van der Waals surface area contributed by atoms with Crippen LogP contribution < -0.4 is 0 Å². The Morgan fingerprint density at radius 1 is 0.548 bits per heavy atom. The predicted octanol–water partition coefficient (Wildman–Crippen LogP) is 15.8. The summed E-state index contributed by atoms with van der Waals surface area (Å²) in [7, 11) is 0. The van der Waals surface area contributed by atoms with Crippen molar-refractivity contribution in [2.45, 2.75) is 66.2 Å². The standard InChI is InChI=1S/2C25H20NS.C5H8O2.Ir/c2*1-25(2,3)20-15-17(14-16-8-4-5-9-18(16)20)24-23-19-10-6-7-11-21(19)27-22(23)12-13-26-24;1-4(6)3-5(2)7;/h2*4-13,15H,1-3H3;3,6H,1-2H3;/q2*-1;;/b;;4-3-;. The van der Waals surface area contributed by atoms with Crippen molar-refractivity contribution in [3.05, 3.63) is 169 Å². The Bertz CT molecular complexity index is 3080. The maximum Gasteiger partial charge on any atom is 0.155 e. The number of hydrogen-bond donors (Lipinski definition) is 1. The van der Waals surface area contributed by atoms with E-state index < -0.39 is 0 Å². The Balaban J connectivity index is 0.000000160. The van der Waals surface area contributed by atoms with Crippen molar-refractivity contribution in [3.8, 4) is 22.5 Å². The van der Waals surface area contributed by atoms with E-state index >= 15 is 0 Å². The summed E-state index contributed by atoms with van der Waals surface area (Å²) in [6, 6.07) is 50.4. The molecule has 0 unspecified atom stereocenters. The molecule has 10 aromatic rings. The molecule has 1 radical (unpaired) electrons. The summed E-state index contributed by atoms with van der Waals surface area (Å²) in [6.45, 7) is 16.5. The van der Waals surface area contributed by atoms with E-state index in [-0.39, 0.29) is 42.5 Å². The van der Waals surface area contributed by atoms with Gasteiger partial charge >= 0.3 is 0 Å². The van der Waals surface area contributed by atoms with Crippen LogP contribution in [0.25, 0.3) is 84.4 Å². The van der Waals surface area contributed by atoms with Gasteiger partial charge in [-0.1, -0.05) is 136 Å². The third-order valence-electron chi connectivity index (χ3n) is 10.7. The number of aromatic nitrogens is 2. The zero-order chi connectivity index (χ0) is 43.1. The third-order valence-corrected chi connectivity index (χ3v) is 12.9. The molecule has 4 heterocycles. The van der Waals surface area contributed by atoms with E-state index in [0.29, 0.717) is 0 Å². The van der Waals surface area contributed by atoms with Crippen molar-refractivity contribution in [1.82, 2.24) is 9.97 Å². The number of hydrogen-bond acceptors (Lipinski definition) is 6. The van der Waals surface area contributed by atoms with Crippen molar-refractivity contribution in [2.24, 2.45) is 0 Å².